The van der Waals surface area contributed by atoms with Gasteiger partial charge < -0.3 is 0 Å². The van der Waals surface area contributed by atoms with Gasteiger partial charge in [0.15, 0.2) is 0 Å². The van der Waals surface area contributed by atoms with Crippen molar-refractivity contribution < 1.29 is 0 Å². The Labute approximate surface area is 51.6 Å². The largest absolute Gasteiger partial charge is 0.0851 e. The van der Waals surface area contributed by atoms with Crippen LogP contribution in [0.15, 0.2) is 12.2 Å². The predicted molar refractivity (Wildman–Crippen MR) is 36.1 cm³/mol. The predicted octanol–water partition coefficient (Wildman–Crippen LogP) is 2.24. The van der Waals surface area contributed by atoms with Crippen molar-refractivity contribution in [2.24, 2.45) is 11.8 Å². The van der Waals surface area contributed by atoms with Crippen molar-refractivity contribution in [3.63, 3.8) is 0 Å². The number of allylic oxidation sites excluding steroid dienone is 2. The summed E-state index contributed by atoms with van der Waals surface area (Å²) in [6.07, 6.45) is 8.90. The Hall–Kier alpha value is -0.260. The molecular formula is C8H12. The fourth-order valence-corrected chi connectivity index (χ4v) is 1.02. The summed E-state index contributed by atoms with van der Waals surface area (Å²) >= 11 is 0. The Bertz CT molecular complexity index is 92.2. The highest BCUT2D eigenvalue weighted by molar-refractivity contribution is 5.11. The molecule has 0 saturated heterocycles. The smallest absolute Gasteiger partial charge is 0.0139 e. The summed E-state index contributed by atoms with van der Waals surface area (Å²) in [4.78, 5) is 0. The highest BCUT2D eigenvalue weighted by Gasteiger charge is 2.08. The molecule has 0 N–H and O–H groups in total. The molecule has 0 aromatic heterocycles. The van der Waals surface area contributed by atoms with E-state index in [-0.39, 0.29) is 0 Å². The second-order valence-electron chi connectivity index (χ2n) is 2.49. The number of rotatable bonds is 0. The highest BCUT2D eigenvalue weighted by atomic mass is 14.1. The fraction of sp³-hybridized carbons (Fsp3) is 0.500. The van der Waals surface area contributed by atoms with E-state index in [4.69, 9.17) is 0 Å². The average molecular weight is 108 g/mol. The van der Waals surface area contributed by atoms with Crippen LogP contribution in [0.5, 0.6) is 0 Å². The molecule has 0 aromatic carbocycles. The minimum absolute atomic E-state index is 0.676. The lowest BCUT2D eigenvalue weighted by atomic mass is 9.89. The lowest BCUT2D eigenvalue weighted by Crippen LogP contribution is -2.06. The third kappa shape index (κ3) is 1.36. The van der Waals surface area contributed by atoms with E-state index >= 15 is 0 Å². The van der Waals surface area contributed by atoms with E-state index in [1.807, 2.05) is 0 Å². The second-order valence-corrected chi connectivity index (χ2v) is 2.49. The van der Waals surface area contributed by atoms with Gasteiger partial charge in [-0.1, -0.05) is 26.0 Å². The van der Waals surface area contributed by atoms with E-state index in [0.29, 0.717) is 11.8 Å². The van der Waals surface area contributed by atoms with Gasteiger partial charge in [0.1, 0.15) is 0 Å². The average Bonchev–Trinajstić information content (AvgIpc) is 1.64. The second kappa shape index (κ2) is 2.34. The first kappa shape index (κ1) is 5.87. The van der Waals surface area contributed by atoms with E-state index in [9.17, 15) is 0 Å². The molecule has 0 spiro atoms. The van der Waals surface area contributed by atoms with Crippen molar-refractivity contribution in [2.75, 3.05) is 0 Å². The molecule has 44 valence electrons. The molecule has 0 amide bonds. The summed E-state index contributed by atoms with van der Waals surface area (Å²) in [7, 11) is 0. The van der Waals surface area contributed by atoms with Crippen LogP contribution in [0.3, 0.4) is 0 Å². The molecule has 0 heteroatoms. The molecule has 0 aliphatic heterocycles. The normalized spacial score (nSPS) is 37.8. The Morgan fingerprint density at radius 1 is 1.12 bits per heavy atom. The van der Waals surface area contributed by atoms with Gasteiger partial charge in [-0.15, -0.1) is 0 Å². The summed E-state index contributed by atoms with van der Waals surface area (Å²) in [6, 6.07) is 0. The monoisotopic (exact) mass is 108 g/mol. The zero-order valence-electron chi connectivity index (χ0n) is 5.46. The maximum atomic E-state index is 2.33. The molecule has 0 aromatic rings. The zero-order chi connectivity index (χ0) is 5.98. The van der Waals surface area contributed by atoms with Gasteiger partial charge in [-0.2, -0.15) is 0 Å². The molecule has 8 heavy (non-hydrogen) atoms. The van der Waals surface area contributed by atoms with Gasteiger partial charge in [0.25, 0.3) is 0 Å². The van der Waals surface area contributed by atoms with Crippen LogP contribution in [0.25, 0.3) is 0 Å². The van der Waals surface area contributed by atoms with E-state index in [2.05, 4.69) is 38.8 Å². The van der Waals surface area contributed by atoms with Crippen molar-refractivity contribution >= 4 is 0 Å². The van der Waals surface area contributed by atoms with Gasteiger partial charge in [-0.3, -0.25) is 0 Å². The van der Waals surface area contributed by atoms with Crippen molar-refractivity contribution in [3.05, 3.63) is 25.0 Å². The summed E-state index contributed by atoms with van der Waals surface area (Å²) < 4.78 is 0. The number of hydrogen-bond acceptors (Lipinski definition) is 0. The fourth-order valence-electron chi connectivity index (χ4n) is 1.02. The van der Waals surface area contributed by atoms with Crippen LogP contribution in [-0.4, -0.2) is 0 Å². The Morgan fingerprint density at radius 3 is 2.25 bits per heavy atom. The SMILES string of the molecule is CC1[CH]C=CC(C)[CH]1. The first-order valence-electron chi connectivity index (χ1n) is 3.15. The van der Waals surface area contributed by atoms with Crippen molar-refractivity contribution in [1.29, 1.82) is 0 Å². The maximum Gasteiger partial charge on any atom is -0.0139 e. The topological polar surface area (TPSA) is 0 Å². The quantitative estimate of drug-likeness (QED) is 0.446. The third-order valence-electron chi connectivity index (χ3n) is 1.44. The standard InChI is InChI=1S/C8H12/c1-7-4-3-5-8(2)6-7/h3-8H,1-2H3. The van der Waals surface area contributed by atoms with Gasteiger partial charge >= 0.3 is 0 Å². The zero-order valence-corrected chi connectivity index (χ0v) is 5.46. The summed E-state index contributed by atoms with van der Waals surface area (Å²) in [5.41, 5.74) is 0. The van der Waals surface area contributed by atoms with Gasteiger partial charge in [-0.05, 0) is 24.7 Å². The third-order valence-corrected chi connectivity index (χ3v) is 1.44. The molecule has 2 unspecified atom stereocenters. The van der Waals surface area contributed by atoms with Crippen LogP contribution < -0.4 is 0 Å². The van der Waals surface area contributed by atoms with Gasteiger partial charge in [0.2, 0.25) is 0 Å². The Morgan fingerprint density at radius 2 is 1.88 bits per heavy atom. The molecule has 1 rings (SSSR count). The Kier molecular flexibility index (Phi) is 1.72. The molecule has 0 fully saturated rings. The summed E-state index contributed by atoms with van der Waals surface area (Å²) in [6.45, 7) is 4.42. The maximum absolute atomic E-state index is 2.33. The summed E-state index contributed by atoms with van der Waals surface area (Å²) in [5, 5.41) is 0. The summed E-state index contributed by atoms with van der Waals surface area (Å²) in [5.74, 6) is 1.35. The van der Waals surface area contributed by atoms with Gasteiger partial charge in [0, 0.05) is 0 Å². The van der Waals surface area contributed by atoms with Crippen molar-refractivity contribution in [1.82, 2.24) is 0 Å². The first-order chi connectivity index (χ1) is 3.79. The van der Waals surface area contributed by atoms with Crippen LogP contribution in [0, 0.1) is 24.7 Å². The van der Waals surface area contributed by atoms with Crippen molar-refractivity contribution in [2.45, 2.75) is 13.8 Å². The van der Waals surface area contributed by atoms with Crippen LogP contribution in [0.1, 0.15) is 13.8 Å². The van der Waals surface area contributed by atoms with Crippen LogP contribution in [0.2, 0.25) is 0 Å². The lowest BCUT2D eigenvalue weighted by molar-refractivity contribution is 0.660. The van der Waals surface area contributed by atoms with Crippen molar-refractivity contribution in [3.8, 4) is 0 Å². The molecule has 1 aliphatic carbocycles. The molecule has 0 nitrogen and oxygen atoms in total. The van der Waals surface area contributed by atoms with Crippen LogP contribution >= 0.6 is 0 Å². The van der Waals surface area contributed by atoms with Gasteiger partial charge in [-0.25, -0.2) is 0 Å². The number of hydrogen-bond donors (Lipinski definition) is 0. The van der Waals surface area contributed by atoms with Gasteiger partial charge in [0.05, 0.1) is 0 Å². The van der Waals surface area contributed by atoms with Crippen LogP contribution in [-0.2, 0) is 0 Å². The molecule has 0 saturated carbocycles. The van der Waals surface area contributed by atoms with E-state index in [1.54, 1.807) is 0 Å². The minimum Gasteiger partial charge on any atom is -0.0851 e. The molecule has 0 heterocycles. The van der Waals surface area contributed by atoms with Crippen LogP contribution in [0.4, 0.5) is 0 Å². The molecule has 2 atom stereocenters. The van der Waals surface area contributed by atoms with E-state index in [1.165, 1.54) is 0 Å². The minimum atomic E-state index is 0.676. The molecule has 1 aliphatic rings. The molecule has 2 radical (unpaired) electrons. The Balaban J connectivity index is 2.42. The highest BCUT2D eigenvalue weighted by Crippen LogP contribution is 2.19. The van der Waals surface area contributed by atoms with E-state index < -0.39 is 0 Å². The molecule has 0 bridgehead atoms. The first-order valence-corrected chi connectivity index (χ1v) is 3.15. The van der Waals surface area contributed by atoms with E-state index in [0.717, 1.165) is 0 Å². The molecular weight excluding hydrogens is 96.1 g/mol. The lowest BCUT2D eigenvalue weighted by Gasteiger charge is -2.16.